The molecule has 0 atom stereocenters. The van der Waals surface area contributed by atoms with Crippen molar-refractivity contribution in [3.63, 3.8) is 0 Å². The minimum absolute atomic E-state index is 0.0588. The molecular formula is C17H14N2O3. The Labute approximate surface area is 127 Å². The molecule has 2 aromatic carbocycles. The van der Waals surface area contributed by atoms with Gasteiger partial charge >= 0.3 is 6.03 Å². The number of nitrogens with zero attached hydrogens (tertiary/aromatic N) is 1. The van der Waals surface area contributed by atoms with Crippen LogP contribution in [0, 0.1) is 0 Å². The Morgan fingerprint density at radius 2 is 1.55 bits per heavy atom. The summed E-state index contributed by atoms with van der Waals surface area (Å²) >= 11 is 0. The van der Waals surface area contributed by atoms with E-state index in [0.29, 0.717) is 0 Å². The fourth-order valence-corrected chi connectivity index (χ4v) is 3.42. The number of imide groups is 1. The summed E-state index contributed by atoms with van der Waals surface area (Å²) in [6.45, 7) is -0.0588. The highest BCUT2D eigenvalue weighted by Gasteiger charge is 2.58. The van der Waals surface area contributed by atoms with Crippen molar-refractivity contribution in [1.29, 1.82) is 0 Å². The van der Waals surface area contributed by atoms with Crippen LogP contribution < -0.4 is 5.32 Å². The van der Waals surface area contributed by atoms with Gasteiger partial charge in [-0.25, -0.2) is 9.69 Å². The molecule has 110 valence electrons. The molecule has 22 heavy (non-hydrogen) atoms. The van der Waals surface area contributed by atoms with Gasteiger partial charge in [-0.05, 0) is 22.3 Å². The van der Waals surface area contributed by atoms with Gasteiger partial charge in [-0.1, -0.05) is 48.5 Å². The van der Waals surface area contributed by atoms with Crippen LogP contribution in [0.1, 0.15) is 11.1 Å². The maximum atomic E-state index is 13.0. The minimum Gasteiger partial charge on any atom is -0.364 e. The van der Waals surface area contributed by atoms with Gasteiger partial charge in [0.1, 0.15) is 6.73 Å². The Hall–Kier alpha value is -2.66. The van der Waals surface area contributed by atoms with Crippen LogP contribution in [0.25, 0.3) is 11.1 Å². The number of carbonyl (C=O) groups is 2. The van der Waals surface area contributed by atoms with Gasteiger partial charge in [0.25, 0.3) is 5.91 Å². The lowest BCUT2D eigenvalue weighted by Crippen LogP contribution is -2.43. The molecule has 0 aromatic heterocycles. The second-order valence-corrected chi connectivity index (χ2v) is 5.42. The average molecular weight is 294 g/mol. The second-order valence-electron chi connectivity index (χ2n) is 5.42. The highest BCUT2D eigenvalue weighted by molar-refractivity contribution is 6.13. The van der Waals surface area contributed by atoms with Crippen LogP contribution in [0.15, 0.2) is 48.5 Å². The Kier molecular flexibility index (Phi) is 2.62. The standard InChI is InChI=1S/C17H14N2O3/c1-22-10-19-15(20)17(18-16(19)21)13-8-4-2-6-11(13)12-7-3-5-9-14(12)17/h2-9H,10H2,1H3,(H,18,21). The summed E-state index contributed by atoms with van der Waals surface area (Å²) in [6, 6.07) is 14.9. The van der Waals surface area contributed by atoms with Gasteiger partial charge in [-0.15, -0.1) is 0 Å². The number of carbonyl (C=O) groups excluding carboxylic acids is 2. The number of amides is 3. The number of methoxy groups -OCH3 is 1. The van der Waals surface area contributed by atoms with E-state index in [4.69, 9.17) is 4.74 Å². The molecule has 2 aromatic rings. The van der Waals surface area contributed by atoms with Crippen molar-refractivity contribution in [1.82, 2.24) is 10.2 Å². The molecule has 1 saturated heterocycles. The van der Waals surface area contributed by atoms with Crippen molar-refractivity contribution in [2.75, 3.05) is 13.8 Å². The molecular weight excluding hydrogens is 280 g/mol. The van der Waals surface area contributed by atoms with Crippen LogP contribution in [0.2, 0.25) is 0 Å². The van der Waals surface area contributed by atoms with Crippen molar-refractivity contribution in [3.05, 3.63) is 59.7 Å². The molecule has 2 aliphatic rings. The number of urea groups is 1. The molecule has 3 amide bonds. The largest absolute Gasteiger partial charge is 0.364 e. The molecule has 4 rings (SSSR count). The van der Waals surface area contributed by atoms with Crippen LogP contribution in [0.3, 0.4) is 0 Å². The predicted octanol–water partition coefficient (Wildman–Crippen LogP) is 2.07. The summed E-state index contributed by atoms with van der Waals surface area (Å²) in [6.07, 6.45) is 0. The van der Waals surface area contributed by atoms with Crippen molar-refractivity contribution in [3.8, 4) is 11.1 Å². The quantitative estimate of drug-likeness (QED) is 0.863. The Morgan fingerprint density at radius 3 is 2.09 bits per heavy atom. The SMILES string of the molecule is COCN1C(=O)NC2(C1=O)c1ccccc1-c1ccccc12. The van der Waals surface area contributed by atoms with Gasteiger partial charge in [0.15, 0.2) is 5.54 Å². The number of ether oxygens (including phenoxy) is 1. The molecule has 1 aliphatic carbocycles. The topological polar surface area (TPSA) is 58.6 Å². The Bertz CT molecular complexity index is 754. The summed E-state index contributed by atoms with van der Waals surface area (Å²) in [5.41, 5.74) is 2.45. The molecule has 1 N–H and O–H groups in total. The highest BCUT2D eigenvalue weighted by Crippen LogP contribution is 2.49. The minimum atomic E-state index is -1.14. The number of hydrogen-bond acceptors (Lipinski definition) is 3. The highest BCUT2D eigenvalue weighted by atomic mass is 16.5. The van der Waals surface area contributed by atoms with E-state index in [2.05, 4.69) is 5.32 Å². The van der Waals surface area contributed by atoms with E-state index in [1.807, 2.05) is 48.5 Å². The molecule has 1 aliphatic heterocycles. The fraction of sp³-hybridized carbons (Fsp3) is 0.176. The van der Waals surface area contributed by atoms with E-state index >= 15 is 0 Å². The second kappa shape index (κ2) is 4.42. The monoisotopic (exact) mass is 294 g/mol. The molecule has 1 fully saturated rings. The smallest absolute Gasteiger partial charge is 0.327 e. The lowest BCUT2D eigenvalue weighted by Gasteiger charge is -2.24. The van der Waals surface area contributed by atoms with Crippen LogP contribution in [0.4, 0.5) is 4.79 Å². The number of benzene rings is 2. The molecule has 5 nitrogen and oxygen atoms in total. The van der Waals surface area contributed by atoms with Crippen LogP contribution in [-0.2, 0) is 15.1 Å². The summed E-state index contributed by atoms with van der Waals surface area (Å²) in [5, 5.41) is 2.88. The van der Waals surface area contributed by atoms with Crippen LogP contribution in [0.5, 0.6) is 0 Å². The molecule has 0 saturated carbocycles. The predicted molar refractivity (Wildman–Crippen MR) is 79.9 cm³/mol. The lowest BCUT2D eigenvalue weighted by molar-refractivity contribution is -0.133. The van der Waals surface area contributed by atoms with Gasteiger partial charge < -0.3 is 10.1 Å². The number of hydrogen-bond donors (Lipinski definition) is 1. The summed E-state index contributed by atoms with van der Waals surface area (Å²) < 4.78 is 4.99. The Balaban J connectivity index is 1.99. The zero-order valence-corrected chi connectivity index (χ0v) is 12.0. The maximum absolute atomic E-state index is 13.0. The zero-order chi connectivity index (χ0) is 15.3. The molecule has 0 unspecified atom stereocenters. The Morgan fingerprint density at radius 1 is 1.00 bits per heavy atom. The van der Waals surface area contributed by atoms with Gasteiger partial charge in [0.05, 0.1) is 0 Å². The molecule has 0 bridgehead atoms. The molecule has 0 radical (unpaired) electrons. The number of rotatable bonds is 2. The lowest BCUT2D eigenvalue weighted by atomic mass is 9.87. The number of fused-ring (bicyclic) bond motifs is 5. The molecule has 5 heteroatoms. The van der Waals surface area contributed by atoms with E-state index in [-0.39, 0.29) is 12.6 Å². The van der Waals surface area contributed by atoms with Gasteiger partial charge in [-0.3, -0.25) is 4.79 Å². The zero-order valence-electron chi connectivity index (χ0n) is 12.0. The first-order valence-electron chi connectivity index (χ1n) is 7.02. The third kappa shape index (κ3) is 1.41. The van der Waals surface area contributed by atoms with E-state index in [9.17, 15) is 9.59 Å². The van der Waals surface area contributed by atoms with Crippen LogP contribution in [-0.4, -0.2) is 30.7 Å². The first-order valence-corrected chi connectivity index (χ1v) is 7.02. The third-order valence-electron chi connectivity index (χ3n) is 4.32. The summed E-state index contributed by atoms with van der Waals surface area (Å²) in [7, 11) is 1.46. The first kappa shape index (κ1) is 13.0. The van der Waals surface area contributed by atoms with Gasteiger partial charge in [0, 0.05) is 7.11 Å². The van der Waals surface area contributed by atoms with Crippen LogP contribution >= 0.6 is 0 Å². The first-order chi connectivity index (χ1) is 10.7. The van der Waals surface area contributed by atoms with Gasteiger partial charge in [-0.2, -0.15) is 0 Å². The van der Waals surface area contributed by atoms with Crippen molar-refractivity contribution < 1.29 is 14.3 Å². The normalized spacial score (nSPS) is 17.6. The maximum Gasteiger partial charge on any atom is 0.327 e. The van der Waals surface area contributed by atoms with E-state index in [0.717, 1.165) is 27.2 Å². The third-order valence-corrected chi connectivity index (χ3v) is 4.32. The van der Waals surface area contributed by atoms with E-state index < -0.39 is 11.6 Å². The summed E-state index contributed by atoms with van der Waals surface area (Å²) in [4.78, 5) is 26.4. The van der Waals surface area contributed by atoms with E-state index in [1.165, 1.54) is 7.11 Å². The number of nitrogens with one attached hydrogen (secondary N) is 1. The molecule has 1 spiro atoms. The summed E-state index contributed by atoms with van der Waals surface area (Å²) in [5.74, 6) is -0.295. The van der Waals surface area contributed by atoms with Crippen molar-refractivity contribution in [2.45, 2.75) is 5.54 Å². The van der Waals surface area contributed by atoms with Crippen molar-refractivity contribution >= 4 is 11.9 Å². The fourth-order valence-electron chi connectivity index (χ4n) is 3.42. The van der Waals surface area contributed by atoms with Gasteiger partial charge in [0.2, 0.25) is 0 Å². The molecule has 1 heterocycles. The average Bonchev–Trinajstić information content (AvgIpc) is 2.97. The van der Waals surface area contributed by atoms with Crippen molar-refractivity contribution in [2.24, 2.45) is 0 Å². The van der Waals surface area contributed by atoms with E-state index in [1.54, 1.807) is 0 Å².